The first-order valence-corrected chi connectivity index (χ1v) is 6.04. The summed E-state index contributed by atoms with van der Waals surface area (Å²) in [7, 11) is 0. The Kier molecular flexibility index (Phi) is 3.61. The lowest BCUT2D eigenvalue weighted by atomic mass is 9.92. The van der Waals surface area contributed by atoms with Crippen LogP contribution in [0.2, 0.25) is 0 Å². The van der Waals surface area contributed by atoms with Crippen LogP contribution in [0, 0.1) is 0 Å². The van der Waals surface area contributed by atoms with Gasteiger partial charge in [0, 0.05) is 32.0 Å². The highest BCUT2D eigenvalue weighted by molar-refractivity contribution is 4.99. The molecule has 2 rings (SSSR count). The number of aromatic nitrogens is 2. The van der Waals surface area contributed by atoms with Crippen molar-refractivity contribution < 1.29 is 9.84 Å². The van der Waals surface area contributed by atoms with E-state index >= 15 is 0 Å². The Morgan fingerprint density at radius 1 is 1.62 bits per heavy atom. The van der Waals surface area contributed by atoms with Gasteiger partial charge in [0.2, 0.25) is 0 Å². The zero-order chi connectivity index (χ0) is 11.4. The van der Waals surface area contributed by atoms with Crippen molar-refractivity contribution in [3.8, 4) is 0 Å². The van der Waals surface area contributed by atoms with E-state index in [1.54, 1.807) is 6.20 Å². The van der Waals surface area contributed by atoms with Crippen molar-refractivity contribution in [1.82, 2.24) is 9.55 Å². The van der Waals surface area contributed by atoms with Crippen LogP contribution in [0.4, 0.5) is 0 Å². The van der Waals surface area contributed by atoms with E-state index in [1.165, 1.54) is 0 Å². The van der Waals surface area contributed by atoms with Crippen molar-refractivity contribution in [3.63, 3.8) is 0 Å². The fourth-order valence-electron chi connectivity index (χ4n) is 2.22. The molecule has 16 heavy (non-hydrogen) atoms. The number of nitrogens with zero attached hydrogens (tertiary/aromatic N) is 2. The van der Waals surface area contributed by atoms with Gasteiger partial charge in [-0.1, -0.05) is 6.92 Å². The quantitative estimate of drug-likeness (QED) is 0.840. The van der Waals surface area contributed by atoms with Crippen LogP contribution >= 0.6 is 0 Å². The summed E-state index contributed by atoms with van der Waals surface area (Å²) in [5.41, 5.74) is -0.713. The molecule has 1 aliphatic rings. The van der Waals surface area contributed by atoms with Gasteiger partial charge >= 0.3 is 0 Å². The SMILES string of the molecule is CCCn1ccnc1CC1(O)CCCOC1. The van der Waals surface area contributed by atoms with Crippen molar-refractivity contribution in [2.24, 2.45) is 0 Å². The molecular formula is C12H20N2O2. The predicted octanol–water partition coefficient (Wildman–Crippen LogP) is 1.38. The van der Waals surface area contributed by atoms with Crippen molar-refractivity contribution in [2.75, 3.05) is 13.2 Å². The summed E-state index contributed by atoms with van der Waals surface area (Å²) in [5.74, 6) is 0.967. The van der Waals surface area contributed by atoms with Gasteiger partial charge in [0.25, 0.3) is 0 Å². The fraction of sp³-hybridized carbons (Fsp3) is 0.750. The summed E-state index contributed by atoms with van der Waals surface area (Å²) in [6.45, 7) is 4.31. The van der Waals surface area contributed by atoms with Crippen LogP contribution in [-0.4, -0.2) is 33.5 Å². The number of hydrogen-bond donors (Lipinski definition) is 1. The van der Waals surface area contributed by atoms with E-state index in [0.717, 1.165) is 38.2 Å². The third-order valence-corrected chi connectivity index (χ3v) is 3.05. The lowest BCUT2D eigenvalue weighted by Gasteiger charge is -2.31. The van der Waals surface area contributed by atoms with Crippen LogP contribution in [-0.2, 0) is 17.7 Å². The van der Waals surface area contributed by atoms with E-state index in [1.807, 2.05) is 6.20 Å². The minimum absolute atomic E-state index is 0.436. The number of aryl methyl sites for hydroxylation is 1. The molecule has 1 fully saturated rings. The van der Waals surface area contributed by atoms with Gasteiger partial charge in [-0.3, -0.25) is 0 Å². The normalized spacial score (nSPS) is 25.9. The molecule has 0 bridgehead atoms. The molecule has 0 saturated carbocycles. The summed E-state index contributed by atoms with van der Waals surface area (Å²) < 4.78 is 7.46. The molecule has 0 amide bonds. The molecule has 0 radical (unpaired) electrons. The monoisotopic (exact) mass is 224 g/mol. The molecule has 2 heterocycles. The zero-order valence-electron chi connectivity index (χ0n) is 9.85. The van der Waals surface area contributed by atoms with E-state index in [0.29, 0.717) is 13.0 Å². The first-order valence-electron chi connectivity index (χ1n) is 6.04. The maximum Gasteiger partial charge on any atom is 0.111 e. The molecular weight excluding hydrogens is 204 g/mol. The van der Waals surface area contributed by atoms with Crippen LogP contribution < -0.4 is 0 Å². The van der Waals surface area contributed by atoms with Gasteiger partial charge in [-0.25, -0.2) is 4.98 Å². The van der Waals surface area contributed by atoms with E-state index < -0.39 is 5.60 Å². The van der Waals surface area contributed by atoms with Crippen molar-refractivity contribution in [2.45, 2.75) is 44.8 Å². The average Bonchev–Trinajstić information content (AvgIpc) is 2.67. The molecule has 1 aliphatic heterocycles. The Bertz CT molecular complexity index is 330. The van der Waals surface area contributed by atoms with Crippen LogP contribution in [0.5, 0.6) is 0 Å². The molecule has 1 unspecified atom stereocenters. The lowest BCUT2D eigenvalue weighted by Crippen LogP contribution is -2.41. The summed E-state index contributed by atoms with van der Waals surface area (Å²) in [6, 6.07) is 0. The van der Waals surface area contributed by atoms with Crippen molar-refractivity contribution in [3.05, 3.63) is 18.2 Å². The van der Waals surface area contributed by atoms with Crippen LogP contribution in [0.1, 0.15) is 32.0 Å². The molecule has 1 aromatic heterocycles. The van der Waals surface area contributed by atoms with Gasteiger partial charge in [0.1, 0.15) is 5.82 Å². The standard InChI is InChI=1S/C12H20N2O2/c1-2-6-14-7-5-13-11(14)9-12(15)4-3-8-16-10-12/h5,7,15H,2-4,6,8-10H2,1H3. The topological polar surface area (TPSA) is 47.3 Å². The molecule has 0 aliphatic carbocycles. The fourth-order valence-corrected chi connectivity index (χ4v) is 2.22. The number of ether oxygens (including phenoxy) is 1. The molecule has 0 aromatic carbocycles. The van der Waals surface area contributed by atoms with Crippen LogP contribution in [0.15, 0.2) is 12.4 Å². The summed E-state index contributed by atoms with van der Waals surface area (Å²) in [6.07, 6.45) is 7.21. The van der Waals surface area contributed by atoms with Gasteiger partial charge in [0.05, 0.1) is 12.2 Å². The molecule has 1 N–H and O–H groups in total. The van der Waals surface area contributed by atoms with E-state index in [2.05, 4.69) is 16.5 Å². The van der Waals surface area contributed by atoms with Crippen LogP contribution in [0.25, 0.3) is 0 Å². The first-order chi connectivity index (χ1) is 7.73. The highest BCUT2D eigenvalue weighted by atomic mass is 16.5. The highest BCUT2D eigenvalue weighted by Gasteiger charge is 2.31. The van der Waals surface area contributed by atoms with Gasteiger partial charge in [-0.15, -0.1) is 0 Å². The smallest absolute Gasteiger partial charge is 0.111 e. The van der Waals surface area contributed by atoms with Gasteiger partial charge in [-0.05, 0) is 19.3 Å². The number of aliphatic hydroxyl groups is 1. The second-order valence-corrected chi connectivity index (χ2v) is 4.59. The van der Waals surface area contributed by atoms with Gasteiger partial charge in [-0.2, -0.15) is 0 Å². The third kappa shape index (κ3) is 2.62. The molecule has 90 valence electrons. The largest absolute Gasteiger partial charge is 0.387 e. The summed E-state index contributed by atoms with van der Waals surface area (Å²) >= 11 is 0. The zero-order valence-corrected chi connectivity index (χ0v) is 9.85. The van der Waals surface area contributed by atoms with E-state index in [9.17, 15) is 5.11 Å². The van der Waals surface area contributed by atoms with Crippen LogP contribution in [0.3, 0.4) is 0 Å². The Morgan fingerprint density at radius 2 is 2.50 bits per heavy atom. The maximum atomic E-state index is 10.4. The first kappa shape index (κ1) is 11.6. The summed E-state index contributed by atoms with van der Waals surface area (Å²) in [4.78, 5) is 4.32. The van der Waals surface area contributed by atoms with E-state index in [-0.39, 0.29) is 0 Å². The lowest BCUT2D eigenvalue weighted by molar-refractivity contribution is -0.0858. The number of hydrogen-bond acceptors (Lipinski definition) is 3. The number of rotatable bonds is 4. The molecule has 0 spiro atoms. The van der Waals surface area contributed by atoms with E-state index in [4.69, 9.17) is 4.74 Å². The molecule has 1 atom stereocenters. The van der Waals surface area contributed by atoms with Crippen molar-refractivity contribution >= 4 is 0 Å². The average molecular weight is 224 g/mol. The third-order valence-electron chi connectivity index (χ3n) is 3.05. The van der Waals surface area contributed by atoms with Gasteiger partial charge in [0.15, 0.2) is 0 Å². The summed E-state index contributed by atoms with van der Waals surface area (Å²) in [5, 5.41) is 10.4. The minimum Gasteiger partial charge on any atom is -0.387 e. The Hall–Kier alpha value is -0.870. The minimum atomic E-state index is -0.713. The highest BCUT2D eigenvalue weighted by Crippen LogP contribution is 2.23. The Labute approximate surface area is 96.3 Å². The predicted molar refractivity (Wildman–Crippen MR) is 61.2 cm³/mol. The molecule has 1 aromatic rings. The maximum absolute atomic E-state index is 10.4. The second-order valence-electron chi connectivity index (χ2n) is 4.59. The second kappa shape index (κ2) is 4.97. The molecule has 4 nitrogen and oxygen atoms in total. The Morgan fingerprint density at radius 3 is 3.19 bits per heavy atom. The van der Waals surface area contributed by atoms with Crippen molar-refractivity contribution in [1.29, 1.82) is 0 Å². The van der Waals surface area contributed by atoms with Gasteiger partial charge < -0.3 is 14.4 Å². The molecule has 4 heteroatoms. The molecule has 1 saturated heterocycles. The number of imidazole rings is 1. The Balaban J connectivity index is 2.04.